The third kappa shape index (κ3) is 4.84. The van der Waals surface area contributed by atoms with Crippen molar-refractivity contribution >= 4 is 11.8 Å². The molecule has 6 heteroatoms. The number of hydrogen-bond donors (Lipinski definition) is 3. The predicted molar refractivity (Wildman–Crippen MR) is 76.4 cm³/mol. The molecule has 21 heavy (non-hydrogen) atoms. The molecule has 114 valence electrons. The predicted octanol–water partition coefficient (Wildman–Crippen LogP) is 0.131. The zero-order valence-corrected chi connectivity index (χ0v) is 11.7. The van der Waals surface area contributed by atoms with Gasteiger partial charge in [0.25, 0.3) is 0 Å². The van der Waals surface area contributed by atoms with Crippen molar-refractivity contribution in [2.45, 2.75) is 25.0 Å². The van der Waals surface area contributed by atoms with Crippen LogP contribution < -0.4 is 10.6 Å². The van der Waals surface area contributed by atoms with Gasteiger partial charge in [-0.15, -0.1) is 0 Å². The second-order valence-electron chi connectivity index (χ2n) is 4.98. The normalized spacial score (nSPS) is 19.0. The van der Waals surface area contributed by atoms with Crippen LogP contribution in [-0.4, -0.2) is 42.7 Å². The van der Waals surface area contributed by atoms with Crippen LogP contribution in [0.15, 0.2) is 30.3 Å². The van der Waals surface area contributed by atoms with E-state index in [0.29, 0.717) is 18.7 Å². The van der Waals surface area contributed by atoms with Crippen molar-refractivity contribution in [3.05, 3.63) is 35.9 Å². The van der Waals surface area contributed by atoms with E-state index in [9.17, 15) is 14.7 Å². The molecule has 3 N–H and O–H groups in total. The minimum absolute atomic E-state index is 0.00309. The van der Waals surface area contributed by atoms with Crippen molar-refractivity contribution in [1.82, 2.24) is 10.6 Å². The highest BCUT2D eigenvalue weighted by molar-refractivity contribution is 6.35. The van der Waals surface area contributed by atoms with Crippen molar-refractivity contribution in [3.8, 4) is 0 Å². The van der Waals surface area contributed by atoms with Gasteiger partial charge in [0.1, 0.15) is 0 Å². The van der Waals surface area contributed by atoms with E-state index in [0.717, 1.165) is 12.8 Å². The van der Waals surface area contributed by atoms with Crippen molar-refractivity contribution in [2.24, 2.45) is 0 Å². The molecule has 0 spiro atoms. The van der Waals surface area contributed by atoms with Crippen LogP contribution in [0.5, 0.6) is 0 Å². The molecule has 1 aliphatic rings. The van der Waals surface area contributed by atoms with Gasteiger partial charge < -0.3 is 20.5 Å². The number of hydrogen-bond acceptors (Lipinski definition) is 4. The second-order valence-corrected chi connectivity index (χ2v) is 4.98. The minimum atomic E-state index is -0.832. The Kier molecular flexibility index (Phi) is 5.71. The maximum atomic E-state index is 11.6. The Morgan fingerprint density at radius 1 is 1.24 bits per heavy atom. The lowest BCUT2D eigenvalue weighted by atomic mass is 10.1. The lowest BCUT2D eigenvalue weighted by Crippen LogP contribution is -2.43. The second kappa shape index (κ2) is 7.75. The molecule has 1 fully saturated rings. The lowest BCUT2D eigenvalue weighted by Gasteiger charge is -2.13. The SMILES string of the molecule is O=C(NCC1CCCO1)C(=O)NCC(O)c1ccccc1. The third-order valence-electron chi connectivity index (χ3n) is 3.36. The number of rotatable bonds is 5. The first kappa shape index (κ1) is 15.5. The van der Waals surface area contributed by atoms with Gasteiger partial charge in [-0.05, 0) is 18.4 Å². The van der Waals surface area contributed by atoms with Crippen LogP contribution in [0.3, 0.4) is 0 Å². The molecule has 1 aliphatic heterocycles. The van der Waals surface area contributed by atoms with Gasteiger partial charge in [0, 0.05) is 19.7 Å². The molecule has 2 amide bonds. The number of ether oxygens (including phenoxy) is 1. The first-order chi connectivity index (χ1) is 10.2. The number of amides is 2. The van der Waals surface area contributed by atoms with E-state index < -0.39 is 17.9 Å². The number of carbonyl (C=O) groups excluding carboxylic acids is 2. The van der Waals surface area contributed by atoms with Crippen LogP contribution in [0.25, 0.3) is 0 Å². The van der Waals surface area contributed by atoms with Crippen LogP contribution in [0.2, 0.25) is 0 Å². The fourth-order valence-electron chi connectivity index (χ4n) is 2.15. The van der Waals surface area contributed by atoms with Crippen LogP contribution in [0, 0.1) is 0 Å². The third-order valence-corrected chi connectivity index (χ3v) is 3.36. The summed E-state index contributed by atoms with van der Waals surface area (Å²) in [4.78, 5) is 23.2. The molecule has 0 saturated carbocycles. The molecule has 1 heterocycles. The average Bonchev–Trinajstić information content (AvgIpc) is 3.04. The zero-order chi connectivity index (χ0) is 15.1. The van der Waals surface area contributed by atoms with Crippen LogP contribution in [-0.2, 0) is 14.3 Å². The Hall–Kier alpha value is -1.92. The quantitative estimate of drug-likeness (QED) is 0.673. The number of benzene rings is 1. The summed E-state index contributed by atoms with van der Waals surface area (Å²) < 4.78 is 5.35. The minimum Gasteiger partial charge on any atom is -0.387 e. The molecule has 0 bridgehead atoms. The van der Waals surface area contributed by atoms with Gasteiger partial charge in [-0.2, -0.15) is 0 Å². The molecule has 6 nitrogen and oxygen atoms in total. The molecule has 0 aromatic heterocycles. The first-order valence-electron chi connectivity index (χ1n) is 7.07. The maximum absolute atomic E-state index is 11.6. The van der Waals surface area contributed by atoms with E-state index >= 15 is 0 Å². The van der Waals surface area contributed by atoms with Gasteiger partial charge >= 0.3 is 11.8 Å². The highest BCUT2D eigenvalue weighted by atomic mass is 16.5. The number of aliphatic hydroxyl groups is 1. The summed E-state index contributed by atoms with van der Waals surface area (Å²) >= 11 is 0. The number of aliphatic hydroxyl groups excluding tert-OH is 1. The largest absolute Gasteiger partial charge is 0.387 e. The Morgan fingerprint density at radius 3 is 2.62 bits per heavy atom. The van der Waals surface area contributed by atoms with Gasteiger partial charge in [-0.3, -0.25) is 9.59 Å². The zero-order valence-electron chi connectivity index (χ0n) is 11.7. The monoisotopic (exact) mass is 292 g/mol. The van der Waals surface area contributed by atoms with Gasteiger partial charge in [-0.1, -0.05) is 30.3 Å². The fourth-order valence-corrected chi connectivity index (χ4v) is 2.15. The molecular weight excluding hydrogens is 272 g/mol. The van der Waals surface area contributed by atoms with Crippen LogP contribution in [0.1, 0.15) is 24.5 Å². The Bertz CT molecular complexity index is 472. The smallest absolute Gasteiger partial charge is 0.309 e. The first-order valence-corrected chi connectivity index (χ1v) is 7.07. The summed E-state index contributed by atoms with van der Waals surface area (Å²) in [6.45, 7) is 1.04. The summed E-state index contributed by atoms with van der Waals surface area (Å²) in [5.74, 6) is -1.45. The van der Waals surface area contributed by atoms with E-state index in [1.165, 1.54) is 0 Å². The Morgan fingerprint density at radius 2 is 1.95 bits per heavy atom. The number of carbonyl (C=O) groups is 2. The summed E-state index contributed by atoms with van der Waals surface area (Å²) in [6.07, 6.45) is 1.04. The summed E-state index contributed by atoms with van der Waals surface area (Å²) in [7, 11) is 0. The topological polar surface area (TPSA) is 87.7 Å². The van der Waals surface area contributed by atoms with Crippen LogP contribution >= 0.6 is 0 Å². The molecule has 0 aliphatic carbocycles. The standard InChI is InChI=1S/C15H20N2O4/c18-13(11-5-2-1-3-6-11)10-17-15(20)14(19)16-9-12-7-4-8-21-12/h1-3,5-6,12-13,18H,4,7-10H2,(H,16,19)(H,17,20). The van der Waals surface area contributed by atoms with Gasteiger partial charge in [-0.25, -0.2) is 0 Å². The van der Waals surface area contributed by atoms with Crippen LogP contribution in [0.4, 0.5) is 0 Å². The molecule has 2 rings (SSSR count). The molecule has 1 aromatic carbocycles. The van der Waals surface area contributed by atoms with Gasteiger partial charge in [0.05, 0.1) is 12.2 Å². The highest BCUT2D eigenvalue weighted by Crippen LogP contribution is 2.11. The summed E-state index contributed by atoms with van der Waals surface area (Å²) in [6, 6.07) is 8.96. The summed E-state index contributed by atoms with van der Waals surface area (Å²) in [5, 5.41) is 14.8. The van der Waals surface area contributed by atoms with Crippen molar-refractivity contribution in [2.75, 3.05) is 19.7 Å². The lowest BCUT2D eigenvalue weighted by molar-refractivity contribution is -0.139. The van der Waals surface area contributed by atoms with Gasteiger partial charge in [0.2, 0.25) is 0 Å². The highest BCUT2D eigenvalue weighted by Gasteiger charge is 2.19. The Labute approximate surface area is 123 Å². The van der Waals surface area contributed by atoms with Gasteiger partial charge in [0.15, 0.2) is 0 Å². The number of nitrogens with one attached hydrogen (secondary N) is 2. The fraction of sp³-hybridized carbons (Fsp3) is 0.467. The van der Waals surface area contributed by atoms with Crippen molar-refractivity contribution in [1.29, 1.82) is 0 Å². The molecule has 1 aromatic rings. The van der Waals surface area contributed by atoms with E-state index in [4.69, 9.17) is 4.74 Å². The molecule has 0 radical (unpaired) electrons. The van der Waals surface area contributed by atoms with E-state index in [2.05, 4.69) is 10.6 Å². The average molecular weight is 292 g/mol. The van der Waals surface area contributed by atoms with Crippen molar-refractivity contribution in [3.63, 3.8) is 0 Å². The molecular formula is C15H20N2O4. The Balaban J connectivity index is 1.69. The summed E-state index contributed by atoms with van der Waals surface area (Å²) in [5.41, 5.74) is 0.692. The molecule has 2 atom stereocenters. The van der Waals surface area contributed by atoms with E-state index in [-0.39, 0.29) is 12.6 Å². The van der Waals surface area contributed by atoms with Crippen molar-refractivity contribution < 1.29 is 19.4 Å². The maximum Gasteiger partial charge on any atom is 0.309 e. The molecule has 1 saturated heterocycles. The van der Waals surface area contributed by atoms with E-state index in [1.54, 1.807) is 24.3 Å². The molecule has 2 unspecified atom stereocenters. The van der Waals surface area contributed by atoms with E-state index in [1.807, 2.05) is 6.07 Å².